The molecule has 0 saturated heterocycles. The number of rotatable bonds is 10. The number of allylic oxidation sites excluding steroid dienone is 1. The monoisotopic (exact) mass is 585 g/mol. The molecular formula is C27H29F6N5O3. The summed E-state index contributed by atoms with van der Waals surface area (Å²) >= 11 is 0. The first-order chi connectivity index (χ1) is 19.1. The molecule has 222 valence electrons. The van der Waals surface area contributed by atoms with E-state index in [4.69, 9.17) is 0 Å². The van der Waals surface area contributed by atoms with Crippen LogP contribution in [-0.4, -0.2) is 62.1 Å². The molecule has 8 nitrogen and oxygen atoms in total. The highest BCUT2D eigenvalue weighted by Gasteiger charge is 2.32. The summed E-state index contributed by atoms with van der Waals surface area (Å²) in [5.74, 6) is -0.509. The van der Waals surface area contributed by atoms with Crippen molar-refractivity contribution in [2.45, 2.75) is 44.7 Å². The third-order valence-electron chi connectivity index (χ3n) is 6.24. The molecule has 14 heteroatoms. The number of hydrogen-bond acceptors (Lipinski definition) is 6. The van der Waals surface area contributed by atoms with Crippen LogP contribution in [0.4, 0.5) is 32.2 Å². The van der Waals surface area contributed by atoms with E-state index in [1.54, 1.807) is 27.1 Å². The number of carbonyl (C=O) groups excluding carboxylic acids is 1. The molecule has 0 aliphatic heterocycles. The van der Waals surface area contributed by atoms with Gasteiger partial charge >= 0.3 is 12.4 Å². The molecule has 2 atom stereocenters. The molecule has 2 aromatic heterocycles. The molecule has 0 fully saturated rings. The Balaban J connectivity index is 1.81. The third kappa shape index (κ3) is 8.30. The molecule has 4 N–H and O–H groups in total. The lowest BCUT2D eigenvalue weighted by Crippen LogP contribution is -2.37. The fourth-order valence-corrected chi connectivity index (χ4v) is 4.16. The van der Waals surface area contributed by atoms with E-state index >= 15 is 0 Å². The first-order valence-electron chi connectivity index (χ1n) is 12.3. The Morgan fingerprint density at radius 2 is 1.80 bits per heavy atom. The van der Waals surface area contributed by atoms with Crippen LogP contribution in [0.5, 0.6) is 0 Å². The fourth-order valence-electron chi connectivity index (χ4n) is 4.16. The van der Waals surface area contributed by atoms with Gasteiger partial charge in [-0.3, -0.25) is 4.79 Å². The Kier molecular flexibility index (Phi) is 9.81. The number of aliphatic hydroxyl groups is 2. The van der Waals surface area contributed by atoms with E-state index < -0.39 is 55.5 Å². The van der Waals surface area contributed by atoms with Crippen LogP contribution in [-0.2, 0) is 13.2 Å². The molecule has 2 heterocycles. The molecule has 0 bridgehead atoms. The van der Waals surface area contributed by atoms with Crippen LogP contribution in [0.25, 0.3) is 16.8 Å². The Bertz CT molecular complexity index is 1400. The lowest BCUT2D eigenvalue weighted by molar-refractivity contribution is -0.139. The maximum atomic E-state index is 13.1. The van der Waals surface area contributed by atoms with Crippen molar-refractivity contribution >= 4 is 17.3 Å². The van der Waals surface area contributed by atoms with Crippen molar-refractivity contribution in [3.05, 3.63) is 71.3 Å². The third-order valence-corrected chi connectivity index (χ3v) is 6.24. The number of halogens is 6. The smallest absolute Gasteiger partial charge is 0.394 e. The Hall–Kier alpha value is -3.91. The van der Waals surface area contributed by atoms with Crippen molar-refractivity contribution in [3.63, 3.8) is 0 Å². The van der Waals surface area contributed by atoms with Gasteiger partial charge in [0.25, 0.3) is 5.91 Å². The number of aryl methyl sites for hydroxylation is 1. The van der Waals surface area contributed by atoms with Gasteiger partial charge in [0.15, 0.2) is 0 Å². The van der Waals surface area contributed by atoms with Crippen LogP contribution >= 0.6 is 0 Å². The quantitative estimate of drug-likeness (QED) is 0.256. The van der Waals surface area contributed by atoms with Gasteiger partial charge in [0.2, 0.25) is 0 Å². The van der Waals surface area contributed by atoms with Gasteiger partial charge in [-0.2, -0.15) is 26.3 Å². The second-order valence-electron chi connectivity index (χ2n) is 9.45. The average molecular weight is 586 g/mol. The summed E-state index contributed by atoms with van der Waals surface area (Å²) in [7, 11) is 1.58. The van der Waals surface area contributed by atoms with Gasteiger partial charge in [0.05, 0.1) is 43.0 Å². The largest absolute Gasteiger partial charge is 0.416 e. The molecule has 0 radical (unpaired) electrons. The maximum Gasteiger partial charge on any atom is 0.416 e. The van der Waals surface area contributed by atoms with Crippen molar-refractivity contribution in [1.82, 2.24) is 19.9 Å². The zero-order chi connectivity index (χ0) is 30.5. The number of amides is 1. The van der Waals surface area contributed by atoms with Crippen LogP contribution in [0.15, 0.2) is 48.9 Å². The van der Waals surface area contributed by atoms with E-state index in [0.717, 1.165) is 18.5 Å². The molecule has 0 aliphatic rings. The normalized spacial score (nSPS) is 14.1. The van der Waals surface area contributed by atoms with E-state index in [0.29, 0.717) is 22.4 Å². The highest BCUT2D eigenvalue weighted by molar-refractivity contribution is 5.95. The van der Waals surface area contributed by atoms with E-state index in [1.165, 1.54) is 28.8 Å². The lowest BCUT2D eigenvalue weighted by atomic mass is 10.0. The highest BCUT2D eigenvalue weighted by atomic mass is 19.4. The number of alkyl halides is 6. The minimum atomic E-state index is -4.52. The SMILES string of the molecule is C/C(=C\C(CO)NC(=O)c1cc(-c2ncnc(NC(CO)CC(F)(F)F)c2C)cn1C)c1cccc(C(F)(F)F)c1. The minimum absolute atomic E-state index is 0.0868. The molecule has 2 unspecified atom stereocenters. The number of aliphatic hydroxyl groups excluding tert-OH is 2. The molecule has 3 aromatic rings. The number of aromatic nitrogens is 3. The van der Waals surface area contributed by atoms with Gasteiger partial charge in [-0.1, -0.05) is 18.2 Å². The van der Waals surface area contributed by atoms with Crippen LogP contribution in [0.1, 0.15) is 40.5 Å². The number of nitrogens with one attached hydrogen (secondary N) is 2. The van der Waals surface area contributed by atoms with Gasteiger partial charge in [0, 0.05) is 24.4 Å². The average Bonchev–Trinajstić information content (AvgIpc) is 3.29. The van der Waals surface area contributed by atoms with Gasteiger partial charge in [-0.15, -0.1) is 0 Å². The summed E-state index contributed by atoms with van der Waals surface area (Å²) in [5, 5.41) is 24.4. The van der Waals surface area contributed by atoms with Gasteiger partial charge in [-0.05, 0) is 43.2 Å². The lowest BCUT2D eigenvalue weighted by Gasteiger charge is -2.20. The predicted octanol–water partition coefficient (Wildman–Crippen LogP) is 4.73. The summed E-state index contributed by atoms with van der Waals surface area (Å²) in [4.78, 5) is 21.2. The molecule has 1 amide bonds. The van der Waals surface area contributed by atoms with Crippen molar-refractivity contribution < 1.29 is 41.4 Å². The molecule has 0 aliphatic carbocycles. The van der Waals surface area contributed by atoms with Crippen molar-refractivity contribution in [2.75, 3.05) is 18.5 Å². The van der Waals surface area contributed by atoms with Crippen molar-refractivity contribution in [2.24, 2.45) is 7.05 Å². The van der Waals surface area contributed by atoms with Crippen LogP contribution in [0, 0.1) is 6.92 Å². The minimum Gasteiger partial charge on any atom is -0.394 e. The summed E-state index contributed by atoms with van der Waals surface area (Å²) in [5.41, 5.74) is 1.18. The molecule has 0 saturated carbocycles. The highest BCUT2D eigenvalue weighted by Crippen LogP contribution is 2.31. The van der Waals surface area contributed by atoms with Crippen molar-refractivity contribution in [1.29, 1.82) is 0 Å². The topological polar surface area (TPSA) is 112 Å². The second kappa shape index (κ2) is 12.7. The number of benzene rings is 1. The summed E-state index contributed by atoms with van der Waals surface area (Å²) in [6.07, 6.45) is -6.13. The maximum absolute atomic E-state index is 13.1. The summed E-state index contributed by atoms with van der Waals surface area (Å²) in [6.45, 7) is 1.84. The van der Waals surface area contributed by atoms with E-state index in [9.17, 15) is 41.4 Å². The molecular weight excluding hydrogens is 556 g/mol. The van der Waals surface area contributed by atoms with Crippen LogP contribution in [0.2, 0.25) is 0 Å². The molecule has 0 spiro atoms. The molecule has 1 aromatic carbocycles. The van der Waals surface area contributed by atoms with E-state index in [2.05, 4.69) is 20.6 Å². The van der Waals surface area contributed by atoms with E-state index in [-0.39, 0.29) is 17.1 Å². The Morgan fingerprint density at radius 3 is 2.41 bits per heavy atom. The molecule has 41 heavy (non-hydrogen) atoms. The van der Waals surface area contributed by atoms with Gasteiger partial charge in [-0.25, -0.2) is 9.97 Å². The molecule has 3 rings (SSSR count). The first kappa shape index (κ1) is 31.6. The second-order valence-corrected chi connectivity index (χ2v) is 9.45. The Morgan fingerprint density at radius 1 is 1.10 bits per heavy atom. The predicted molar refractivity (Wildman–Crippen MR) is 140 cm³/mol. The summed E-state index contributed by atoms with van der Waals surface area (Å²) in [6, 6.07) is 3.92. The number of anilines is 1. The summed E-state index contributed by atoms with van der Waals surface area (Å²) < 4.78 is 79.1. The first-order valence-corrected chi connectivity index (χ1v) is 12.3. The van der Waals surface area contributed by atoms with Gasteiger partial charge < -0.3 is 25.4 Å². The van der Waals surface area contributed by atoms with Gasteiger partial charge in [0.1, 0.15) is 17.8 Å². The Labute approximate surface area is 231 Å². The number of nitrogens with zero attached hydrogens (tertiary/aromatic N) is 3. The number of carbonyl (C=O) groups is 1. The number of hydrogen-bond donors (Lipinski definition) is 4. The zero-order valence-corrected chi connectivity index (χ0v) is 22.3. The zero-order valence-electron chi connectivity index (χ0n) is 22.3. The standard InChI is InChI=1S/C27H29F6N5O3/c1-15(17-5-4-6-19(8-17)27(31,32)33)7-20(12-39)37-25(41)22-9-18(11-38(22)3)23-16(2)24(35-14-34-23)36-21(13-40)10-26(28,29)30/h4-9,11,14,20-21,39-40H,10,12-13H2,1-3H3,(H,37,41)(H,34,35,36)/b15-7+. The van der Waals surface area contributed by atoms with Crippen LogP contribution < -0.4 is 10.6 Å². The fraction of sp³-hybridized carbons (Fsp3) is 0.370. The van der Waals surface area contributed by atoms with Crippen LogP contribution in [0.3, 0.4) is 0 Å². The van der Waals surface area contributed by atoms with E-state index in [1.807, 2.05) is 0 Å². The van der Waals surface area contributed by atoms with Crippen molar-refractivity contribution in [3.8, 4) is 11.3 Å².